The Morgan fingerprint density at radius 3 is 2.42 bits per heavy atom. The van der Waals surface area contributed by atoms with E-state index in [1.165, 1.54) is 4.90 Å². The molecule has 0 bridgehead atoms. The summed E-state index contributed by atoms with van der Waals surface area (Å²) >= 11 is 0. The molecule has 5 rings (SSSR count). The smallest absolute Gasteiger partial charge is 0.295 e. The molecule has 0 aliphatic carbocycles. The summed E-state index contributed by atoms with van der Waals surface area (Å²) in [5.74, 6) is -0.683. The first-order chi connectivity index (χ1) is 19.4. The van der Waals surface area contributed by atoms with Gasteiger partial charge in [-0.15, -0.1) is 0 Å². The van der Waals surface area contributed by atoms with E-state index in [2.05, 4.69) is 0 Å². The van der Waals surface area contributed by atoms with Crippen molar-refractivity contribution in [1.29, 1.82) is 0 Å². The standard InChI is InChI=1S/C33H36N2O5/c1-23-9-11-26(12-10-23)30-29(32(37)33(38)35(30)16-6-15-34-17-19-39-20-18-34)31(36)27-13-14-28(24(2)21-27)40-22-25-7-4-3-5-8-25/h3-5,7-14,21,30,36H,6,15-20,22H2,1-2H3/p+1/t30-/m0/s1. The van der Waals surface area contributed by atoms with Crippen LogP contribution in [0, 0.1) is 13.8 Å². The molecule has 2 saturated heterocycles. The van der Waals surface area contributed by atoms with E-state index in [1.807, 2.05) is 68.4 Å². The quantitative estimate of drug-likeness (QED) is 0.246. The predicted octanol–water partition coefficient (Wildman–Crippen LogP) is 3.61. The van der Waals surface area contributed by atoms with E-state index in [4.69, 9.17) is 9.47 Å². The van der Waals surface area contributed by atoms with Gasteiger partial charge in [-0.2, -0.15) is 0 Å². The molecule has 3 aromatic carbocycles. The maximum atomic E-state index is 13.4. The summed E-state index contributed by atoms with van der Waals surface area (Å²) in [4.78, 5) is 29.8. The Balaban J connectivity index is 1.41. The van der Waals surface area contributed by atoms with Gasteiger partial charge < -0.3 is 24.4 Å². The van der Waals surface area contributed by atoms with Crippen molar-refractivity contribution in [3.8, 4) is 5.75 Å². The normalized spacial score (nSPS) is 19.2. The van der Waals surface area contributed by atoms with Crippen LogP contribution in [0.4, 0.5) is 0 Å². The van der Waals surface area contributed by atoms with Gasteiger partial charge in [0.1, 0.15) is 31.2 Å². The number of Topliss-reactive ketones (excluding diaryl/α,β-unsaturated/α-hetero) is 1. The highest BCUT2D eigenvalue weighted by molar-refractivity contribution is 6.46. The maximum absolute atomic E-state index is 13.4. The van der Waals surface area contributed by atoms with Gasteiger partial charge in [0.05, 0.1) is 31.4 Å². The number of aryl methyl sites for hydroxylation is 2. The fraction of sp³-hybridized carbons (Fsp3) is 0.333. The van der Waals surface area contributed by atoms with Crippen molar-refractivity contribution in [3.63, 3.8) is 0 Å². The molecule has 0 radical (unpaired) electrons. The molecule has 2 aliphatic heterocycles. The Morgan fingerprint density at radius 1 is 1.00 bits per heavy atom. The lowest BCUT2D eigenvalue weighted by Gasteiger charge is -2.27. The number of ketones is 1. The van der Waals surface area contributed by atoms with Gasteiger partial charge in [-0.1, -0.05) is 60.2 Å². The molecule has 7 nitrogen and oxygen atoms in total. The Morgan fingerprint density at radius 2 is 1.73 bits per heavy atom. The minimum atomic E-state index is -0.649. The highest BCUT2D eigenvalue weighted by atomic mass is 16.5. The number of ether oxygens (including phenoxy) is 2. The number of aliphatic hydroxyl groups excluding tert-OH is 1. The number of nitrogens with zero attached hydrogens (tertiary/aromatic N) is 1. The third-order valence-corrected chi connectivity index (χ3v) is 7.75. The number of amides is 1. The molecule has 2 N–H and O–H groups in total. The second-order valence-electron chi connectivity index (χ2n) is 10.6. The molecular weight excluding hydrogens is 504 g/mol. The average molecular weight is 542 g/mol. The molecule has 40 heavy (non-hydrogen) atoms. The zero-order valence-corrected chi connectivity index (χ0v) is 23.2. The molecule has 208 valence electrons. The van der Waals surface area contributed by atoms with E-state index >= 15 is 0 Å². The minimum absolute atomic E-state index is 0.130. The Hall–Kier alpha value is -3.94. The number of carbonyl (C=O) groups excluding carboxylic acids is 2. The molecule has 0 spiro atoms. The zero-order valence-electron chi connectivity index (χ0n) is 23.2. The van der Waals surface area contributed by atoms with Gasteiger partial charge in [-0.25, -0.2) is 0 Å². The molecule has 2 aliphatic rings. The number of hydrogen-bond donors (Lipinski definition) is 2. The number of rotatable bonds is 9. The van der Waals surface area contributed by atoms with Gasteiger partial charge in [0, 0.05) is 18.5 Å². The van der Waals surface area contributed by atoms with Crippen LogP contribution < -0.4 is 9.64 Å². The first-order valence-corrected chi connectivity index (χ1v) is 14.0. The van der Waals surface area contributed by atoms with Crippen LogP contribution in [-0.2, 0) is 20.9 Å². The number of aliphatic hydroxyl groups is 1. The molecule has 3 aromatic rings. The van der Waals surface area contributed by atoms with Crippen LogP contribution in [0.15, 0.2) is 78.4 Å². The van der Waals surface area contributed by atoms with Crippen molar-refractivity contribution in [3.05, 3.63) is 106 Å². The fourth-order valence-corrected chi connectivity index (χ4v) is 5.46. The fourth-order valence-electron chi connectivity index (χ4n) is 5.46. The third-order valence-electron chi connectivity index (χ3n) is 7.75. The van der Waals surface area contributed by atoms with E-state index < -0.39 is 17.7 Å². The number of carbonyl (C=O) groups is 2. The van der Waals surface area contributed by atoms with Crippen LogP contribution in [0.5, 0.6) is 5.75 Å². The summed E-state index contributed by atoms with van der Waals surface area (Å²) in [5, 5.41) is 11.5. The second kappa shape index (κ2) is 12.5. The van der Waals surface area contributed by atoms with E-state index in [1.54, 1.807) is 23.1 Å². The Kier molecular flexibility index (Phi) is 8.63. The van der Waals surface area contributed by atoms with Crippen molar-refractivity contribution >= 4 is 17.4 Å². The second-order valence-corrected chi connectivity index (χ2v) is 10.6. The van der Waals surface area contributed by atoms with Crippen LogP contribution in [0.25, 0.3) is 5.76 Å². The third kappa shape index (κ3) is 6.11. The topological polar surface area (TPSA) is 80.5 Å². The van der Waals surface area contributed by atoms with E-state index in [-0.39, 0.29) is 11.3 Å². The number of hydrogen-bond acceptors (Lipinski definition) is 5. The molecule has 0 aromatic heterocycles. The number of morpholine rings is 1. The van der Waals surface area contributed by atoms with Crippen molar-refractivity contribution in [1.82, 2.24) is 4.90 Å². The highest BCUT2D eigenvalue weighted by Gasteiger charge is 2.46. The first kappa shape index (κ1) is 27.6. The summed E-state index contributed by atoms with van der Waals surface area (Å²) < 4.78 is 11.5. The molecule has 1 amide bonds. The number of nitrogens with one attached hydrogen (secondary N) is 1. The summed E-state index contributed by atoms with van der Waals surface area (Å²) in [5.41, 5.74) is 4.39. The van der Waals surface area contributed by atoms with Gasteiger partial charge in [0.25, 0.3) is 11.7 Å². The van der Waals surface area contributed by atoms with Gasteiger partial charge >= 0.3 is 0 Å². The Bertz CT molecular complexity index is 1380. The van der Waals surface area contributed by atoms with Gasteiger partial charge in [-0.3, -0.25) is 9.59 Å². The summed E-state index contributed by atoms with van der Waals surface area (Å²) in [6, 6.07) is 22.4. The molecular formula is C33H37N2O5+. The lowest BCUT2D eigenvalue weighted by atomic mass is 9.94. The van der Waals surface area contributed by atoms with Crippen molar-refractivity contribution in [2.75, 3.05) is 39.4 Å². The summed E-state index contributed by atoms with van der Waals surface area (Å²) in [7, 11) is 0. The van der Waals surface area contributed by atoms with E-state index in [9.17, 15) is 14.7 Å². The Labute approximate surface area is 235 Å². The average Bonchev–Trinajstić information content (AvgIpc) is 3.22. The molecule has 2 fully saturated rings. The SMILES string of the molecule is Cc1ccc([C@H]2C(=C(O)c3ccc(OCc4ccccc4)c(C)c3)C(=O)C(=O)N2CCC[NH+]2CCOCC2)cc1. The highest BCUT2D eigenvalue weighted by Crippen LogP contribution is 2.40. The predicted molar refractivity (Wildman–Crippen MR) is 153 cm³/mol. The number of quaternary nitrogens is 1. The van der Waals surface area contributed by atoms with Crippen LogP contribution >= 0.6 is 0 Å². The maximum Gasteiger partial charge on any atom is 0.295 e. The molecule has 1 atom stereocenters. The summed E-state index contributed by atoms with van der Waals surface area (Å²) in [6.07, 6.45) is 0.761. The van der Waals surface area contributed by atoms with Crippen LogP contribution in [-0.4, -0.2) is 61.1 Å². The first-order valence-electron chi connectivity index (χ1n) is 14.0. The van der Waals surface area contributed by atoms with Crippen LogP contribution in [0.3, 0.4) is 0 Å². The van der Waals surface area contributed by atoms with E-state index in [0.29, 0.717) is 24.5 Å². The van der Waals surface area contributed by atoms with E-state index in [0.717, 1.165) is 61.5 Å². The molecule has 2 heterocycles. The van der Waals surface area contributed by atoms with Crippen molar-refractivity contribution < 1.29 is 29.1 Å². The number of benzene rings is 3. The largest absolute Gasteiger partial charge is 0.507 e. The van der Waals surface area contributed by atoms with Gasteiger partial charge in [-0.05, 0) is 48.7 Å². The van der Waals surface area contributed by atoms with Crippen LogP contribution in [0.1, 0.15) is 40.3 Å². The van der Waals surface area contributed by atoms with Crippen LogP contribution in [0.2, 0.25) is 0 Å². The molecule has 0 saturated carbocycles. The molecule has 0 unspecified atom stereocenters. The zero-order chi connectivity index (χ0) is 28.1. The lowest BCUT2D eigenvalue weighted by molar-refractivity contribution is -0.908. The van der Waals surface area contributed by atoms with Crippen molar-refractivity contribution in [2.24, 2.45) is 0 Å². The van der Waals surface area contributed by atoms with Crippen molar-refractivity contribution in [2.45, 2.75) is 32.9 Å². The lowest BCUT2D eigenvalue weighted by Crippen LogP contribution is -3.14. The summed E-state index contributed by atoms with van der Waals surface area (Å²) in [6.45, 7) is 9.06. The minimum Gasteiger partial charge on any atom is -0.507 e. The van der Waals surface area contributed by atoms with Gasteiger partial charge in [0.2, 0.25) is 0 Å². The number of likely N-dealkylation sites (tertiary alicyclic amines) is 1. The van der Waals surface area contributed by atoms with Gasteiger partial charge in [0.15, 0.2) is 0 Å². The molecule has 7 heteroatoms. The monoisotopic (exact) mass is 541 g/mol.